The molecule has 0 saturated heterocycles. The minimum atomic E-state index is -2.00. The van der Waals surface area contributed by atoms with E-state index in [4.69, 9.17) is 35.3 Å². The number of methoxy groups -OCH3 is 2. The number of hydrogen-bond donors (Lipinski definition) is 1. The molecular formula is C30H26ClN3O9. The molecule has 43 heavy (non-hydrogen) atoms. The van der Waals surface area contributed by atoms with Crippen LogP contribution in [0.2, 0.25) is 5.02 Å². The Morgan fingerprint density at radius 3 is 2.42 bits per heavy atom. The number of rotatable bonds is 3. The second kappa shape index (κ2) is 9.14. The van der Waals surface area contributed by atoms with Gasteiger partial charge in [0.05, 0.1) is 19.8 Å². The van der Waals surface area contributed by atoms with Gasteiger partial charge in [-0.3, -0.25) is 23.5 Å². The quantitative estimate of drug-likeness (QED) is 0.443. The third-order valence-corrected chi connectivity index (χ3v) is 9.16. The Bertz CT molecular complexity index is 1960. The maximum atomic E-state index is 14.9. The lowest BCUT2D eigenvalue weighted by atomic mass is 9.66. The molecule has 3 unspecified atom stereocenters. The first kappa shape index (κ1) is 27.1. The summed E-state index contributed by atoms with van der Waals surface area (Å²) in [5.74, 6) is -1.30. The molecule has 7 rings (SSSR count). The molecule has 0 fully saturated rings. The number of nitrogens with zero attached hydrogens (tertiary/aromatic N) is 2. The molecule has 1 spiro atoms. The predicted molar refractivity (Wildman–Crippen MR) is 153 cm³/mol. The lowest BCUT2D eigenvalue weighted by molar-refractivity contribution is -0.130. The van der Waals surface area contributed by atoms with Crippen molar-refractivity contribution >= 4 is 29.0 Å². The highest BCUT2D eigenvalue weighted by Crippen LogP contribution is 2.56. The van der Waals surface area contributed by atoms with Crippen molar-refractivity contribution in [2.45, 2.75) is 24.9 Å². The van der Waals surface area contributed by atoms with Crippen molar-refractivity contribution in [1.29, 1.82) is 0 Å². The van der Waals surface area contributed by atoms with Gasteiger partial charge in [0.1, 0.15) is 27.9 Å². The fraction of sp³-hybridized carbons (Fsp3) is 0.333. The molecule has 0 radical (unpaired) electrons. The van der Waals surface area contributed by atoms with Gasteiger partial charge < -0.3 is 29.0 Å². The Labute approximate surface area is 249 Å². The standard InChI is InChI=1S/C30H26ClN3O9/c1-12-8-14-20(25(35)30(12)26(36)21-17(39-4)10-18(40-5)23(31)24(21)43-30)19(13-6-7-15-16(9-13)42-11-41-15)22-27(32-14)33(2)29(38)34(3)28(22)37/h6-7,9-10,12,19,32H,8,11H2,1-5H3. The molecule has 2 aromatic carbocycles. The van der Waals surface area contributed by atoms with Crippen LogP contribution in [0.25, 0.3) is 0 Å². The van der Waals surface area contributed by atoms with E-state index in [0.29, 0.717) is 22.8 Å². The molecule has 4 aliphatic rings. The summed E-state index contributed by atoms with van der Waals surface area (Å²) in [7, 11) is 5.73. The van der Waals surface area contributed by atoms with E-state index in [0.717, 1.165) is 4.57 Å². The maximum Gasteiger partial charge on any atom is 0.332 e. The molecule has 1 aliphatic carbocycles. The molecule has 12 nitrogen and oxygen atoms in total. The number of anilines is 1. The summed E-state index contributed by atoms with van der Waals surface area (Å²) < 4.78 is 30.6. The molecule has 3 aromatic rings. The van der Waals surface area contributed by atoms with Crippen LogP contribution in [0.15, 0.2) is 45.1 Å². The van der Waals surface area contributed by atoms with Gasteiger partial charge in [-0.15, -0.1) is 0 Å². The summed E-state index contributed by atoms with van der Waals surface area (Å²) in [6.07, 6.45) is 0.182. The number of carbonyl (C=O) groups is 2. The summed E-state index contributed by atoms with van der Waals surface area (Å²) >= 11 is 6.60. The molecule has 4 heterocycles. The molecule has 0 saturated carbocycles. The molecule has 3 aliphatic heterocycles. The minimum Gasteiger partial charge on any atom is -0.496 e. The zero-order chi connectivity index (χ0) is 30.5. The second-order valence-corrected chi connectivity index (χ2v) is 11.3. The SMILES string of the molecule is COc1cc(OC)c2c(c1Cl)OC1(C(=O)C3=C(CC1C)Nc1c(c(=O)n(C)c(=O)n1C)C3c1ccc3c(c1)OCO3)C2=O. The van der Waals surface area contributed by atoms with E-state index < -0.39 is 40.3 Å². The Hall–Kier alpha value is -4.71. The molecule has 3 atom stereocenters. The van der Waals surface area contributed by atoms with Gasteiger partial charge in [0.15, 0.2) is 17.2 Å². The van der Waals surface area contributed by atoms with E-state index in [1.807, 2.05) is 0 Å². The summed E-state index contributed by atoms with van der Waals surface area (Å²) in [5.41, 5.74) is -1.72. The number of halogens is 1. The van der Waals surface area contributed by atoms with Crippen molar-refractivity contribution < 1.29 is 33.3 Å². The van der Waals surface area contributed by atoms with Crippen molar-refractivity contribution in [3.63, 3.8) is 0 Å². The van der Waals surface area contributed by atoms with E-state index in [1.54, 1.807) is 32.2 Å². The Kier molecular flexibility index (Phi) is 5.77. The van der Waals surface area contributed by atoms with Crippen LogP contribution in [0, 0.1) is 5.92 Å². The predicted octanol–water partition coefficient (Wildman–Crippen LogP) is 2.92. The average molecular weight is 608 g/mol. The topological polar surface area (TPSA) is 136 Å². The Morgan fingerprint density at radius 1 is 0.977 bits per heavy atom. The zero-order valence-corrected chi connectivity index (χ0v) is 24.6. The second-order valence-electron chi connectivity index (χ2n) is 10.9. The normalized spacial score (nSPS) is 23.0. The fourth-order valence-electron chi connectivity index (χ4n) is 6.61. The van der Waals surface area contributed by atoms with Gasteiger partial charge >= 0.3 is 5.69 Å². The van der Waals surface area contributed by atoms with Gasteiger partial charge in [-0.2, -0.15) is 0 Å². The lowest BCUT2D eigenvalue weighted by Gasteiger charge is -2.42. The first-order chi connectivity index (χ1) is 20.5. The van der Waals surface area contributed by atoms with Gasteiger partial charge in [0.2, 0.25) is 24.0 Å². The number of nitrogens with one attached hydrogen (secondary N) is 1. The van der Waals surface area contributed by atoms with Gasteiger partial charge in [0, 0.05) is 43.3 Å². The van der Waals surface area contributed by atoms with E-state index in [2.05, 4.69) is 5.32 Å². The molecule has 0 bridgehead atoms. The van der Waals surface area contributed by atoms with Crippen LogP contribution in [0.5, 0.6) is 28.7 Å². The van der Waals surface area contributed by atoms with E-state index in [-0.39, 0.29) is 58.0 Å². The van der Waals surface area contributed by atoms with Crippen LogP contribution >= 0.6 is 11.6 Å². The van der Waals surface area contributed by atoms with Crippen LogP contribution in [-0.2, 0) is 18.9 Å². The van der Waals surface area contributed by atoms with Crippen molar-refractivity contribution in [3.8, 4) is 28.7 Å². The smallest absolute Gasteiger partial charge is 0.332 e. The Morgan fingerprint density at radius 2 is 1.70 bits per heavy atom. The number of hydrogen-bond acceptors (Lipinski definition) is 10. The van der Waals surface area contributed by atoms with Crippen molar-refractivity contribution in [2.75, 3.05) is 26.3 Å². The van der Waals surface area contributed by atoms with Crippen molar-refractivity contribution in [3.05, 3.63) is 78.1 Å². The van der Waals surface area contributed by atoms with Gasteiger partial charge in [-0.1, -0.05) is 24.6 Å². The fourth-order valence-corrected chi connectivity index (χ4v) is 6.88. The summed E-state index contributed by atoms with van der Waals surface area (Å²) in [6, 6.07) is 6.60. The highest BCUT2D eigenvalue weighted by Gasteiger charge is 2.63. The summed E-state index contributed by atoms with van der Waals surface area (Å²) in [5, 5.41) is 3.23. The first-order valence-corrected chi connectivity index (χ1v) is 13.9. The largest absolute Gasteiger partial charge is 0.496 e. The highest BCUT2D eigenvalue weighted by molar-refractivity contribution is 6.36. The van der Waals surface area contributed by atoms with Gasteiger partial charge in [-0.25, -0.2) is 4.79 Å². The van der Waals surface area contributed by atoms with Crippen LogP contribution in [0.4, 0.5) is 5.82 Å². The summed E-state index contributed by atoms with van der Waals surface area (Å²) in [6.45, 7) is 1.76. The average Bonchev–Trinajstić information content (AvgIpc) is 3.60. The van der Waals surface area contributed by atoms with E-state index in [9.17, 15) is 19.2 Å². The number of ether oxygens (including phenoxy) is 5. The van der Waals surface area contributed by atoms with Crippen LogP contribution < -0.4 is 40.3 Å². The van der Waals surface area contributed by atoms with E-state index >= 15 is 0 Å². The third-order valence-electron chi connectivity index (χ3n) is 8.81. The van der Waals surface area contributed by atoms with Gasteiger partial charge in [0.25, 0.3) is 5.56 Å². The van der Waals surface area contributed by atoms with Crippen LogP contribution in [-0.4, -0.2) is 47.3 Å². The maximum absolute atomic E-state index is 14.9. The molecule has 222 valence electrons. The van der Waals surface area contributed by atoms with Crippen molar-refractivity contribution in [1.82, 2.24) is 9.13 Å². The molecule has 1 aromatic heterocycles. The summed E-state index contributed by atoms with van der Waals surface area (Å²) in [4.78, 5) is 56.0. The van der Waals surface area contributed by atoms with Crippen LogP contribution in [0.3, 0.4) is 0 Å². The minimum absolute atomic E-state index is 0.00535. The monoisotopic (exact) mass is 607 g/mol. The highest BCUT2D eigenvalue weighted by atomic mass is 35.5. The molecular weight excluding hydrogens is 582 g/mol. The first-order valence-electron chi connectivity index (χ1n) is 13.5. The molecule has 0 amide bonds. The number of benzene rings is 2. The van der Waals surface area contributed by atoms with Crippen LogP contribution in [0.1, 0.15) is 40.7 Å². The third kappa shape index (κ3) is 3.38. The van der Waals surface area contributed by atoms with Crippen molar-refractivity contribution in [2.24, 2.45) is 20.0 Å². The number of fused-ring (bicyclic) bond motifs is 3. The van der Waals surface area contributed by atoms with Gasteiger partial charge in [-0.05, 0) is 24.1 Å². The number of aromatic nitrogens is 2. The Balaban J connectivity index is 1.48. The number of carbonyl (C=O) groups excluding carboxylic acids is 2. The number of ketones is 2. The van der Waals surface area contributed by atoms with E-state index in [1.165, 1.54) is 31.9 Å². The number of Topliss-reactive ketones (excluding diaryl/α,β-unsaturated/α-hetero) is 2. The lowest BCUT2D eigenvalue weighted by Crippen LogP contribution is -2.58. The molecule has 1 N–H and O–H groups in total. The zero-order valence-electron chi connectivity index (χ0n) is 23.8. The molecule has 13 heteroatoms. The number of allylic oxidation sites excluding steroid dienone is 1.